The molecule has 0 aliphatic heterocycles. The first-order chi connectivity index (χ1) is 5.10. The molecule has 0 radical (unpaired) electrons. The van der Waals surface area contributed by atoms with Crippen LogP contribution in [0.25, 0.3) is 0 Å². The first-order valence-corrected chi connectivity index (χ1v) is 3.14. The largest absolute Gasteiger partial charge is 0.435 e. The molecule has 0 heterocycles. The molecule has 11 heavy (non-hydrogen) atoms. The number of hydrogen-bond donors (Lipinski definition) is 2. The Morgan fingerprint density at radius 1 is 1.64 bits per heavy atom. The zero-order chi connectivity index (χ0) is 8.91. The van der Waals surface area contributed by atoms with Crippen LogP contribution in [-0.2, 0) is 9.53 Å². The van der Waals surface area contributed by atoms with Gasteiger partial charge in [-0.15, -0.1) is 0 Å². The normalized spacial score (nSPS) is 10.8. The summed E-state index contributed by atoms with van der Waals surface area (Å²) in [7, 11) is 0. The average molecular weight is 160 g/mol. The first kappa shape index (κ1) is 10.1. The highest BCUT2D eigenvalue weighted by atomic mass is 16.5. The molecule has 4 heteroatoms. The smallest absolute Gasteiger partial charge is 0.321 e. The minimum Gasteiger partial charge on any atom is -0.435 e. The van der Waals surface area contributed by atoms with E-state index in [1.165, 1.54) is 6.92 Å². The molecule has 0 bridgehead atoms. The summed E-state index contributed by atoms with van der Waals surface area (Å²) in [6, 6.07) is 0. The molecule has 0 aromatic heterocycles. The molecule has 0 aliphatic carbocycles. The summed E-state index contributed by atoms with van der Waals surface area (Å²) in [6.07, 6.45) is 0.964. The van der Waals surface area contributed by atoms with E-state index in [1.54, 1.807) is 0 Å². The Bertz CT molecular complexity index is 149. The maximum Gasteiger partial charge on any atom is 0.321 e. The van der Waals surface area contributed by atoms with E-state index in [0.717, 1.165) is 6.26 Å². The van der Waals surface area contributed by atoms with Crippen LogP contribution in [0.5, 0.6) is 0 Å². The molecule has 2 N–H and O–H groups in total. The van der Waals surface area contributed by atoms with Gasteiger partial charge in [0.2, 0.25) is 0 Å². The predicted molar refractivity (Wildman–Crippen MR) is 38.6 cm³/mol. The maximum atomic E-state index is 10.9. The van der Waals surface area contributed by atoms with Gasteiger partial charge in [0.1, 0.15) is 5.41 Å². The van der Waals surface area contributed by atoms with Crippen molar-refractivity contribution in [1.29, 1.82) is 0 Å². The lowest BCUT2D eigenvalue weighted by atomic mass is 9.93. The van der Waals surface area contributed by atoms with Crippen LogP contribution in [0.4, 0.5) is 0 Å². The molecule has 0 aromatic rings. The third-order valence-electron chi connectivity index (χ3n) is 1.38. The van der Waals surface area contributed by atoms with Gasteiger partial charge < -0.3 is 14.9 Å². The number of aliphatic hydroxyl groups is 2. The zero-order valence-electron chi connectivity index (χ0n) is 6.41. The molecule has 0 saturated carbocycles. The van der Waals surface area contributed by atoms with Crippen molar-refractivity contribution in [2.24, 2.45) is 5.41 Å². The summed E-state index contributed by atoms with van der Waals surface area (Å²) in [4.78, 5) is 10.9. The van der Waals surface area contributed by atoms with Crippen molar-refractivity contribution in [3.63, 3.8) is 0 Å². The van der Waals surface area contributed by atoms with E-state index in [2.05, 4.69) is 11.3 Å². The van der Waals surface area contributed by atoms with E-state index in [-0.39, 0.29) is 0 Å². The molecule has 0 unspecified atom stereocenters. The van der Waals surface area contributed by atoms with Crippen LogP contribution in [0.1, 0.15) is 6.92 Å². The lowest BCUT2D eigenvalue weighted by Crippen LogP contribution is -2.36. The SMILES string of the molecule is C=COC(=O)C(C)(CO)CO. The van der Waals surface area contributed by atoms with Crippen molar-refractivity contribution in [1.82, 2.24) is 0 Å². The quantitative estimate of drug-likeness (QED) is 0.436. The second-order valence-corrected chi connectivity index (χ2v) is 2.45. The number of ether oxygens (including phenoxy) is 1. The lowest BCUT2D eigenvalue weighted by Gasteiger charge is -2.20. The number of rotatable bonds is 4. The second kappa shape index (κ2) is 4.10. The van der Waals surface area contributed by atoms with Crippen molar-refractivity contribution in [2.75, 3.05) is 13.2 Å². The Balaban J connectivity index is 4.23. The number of carbonyl (C=O) groups is 1. The summed E-state index contributed by atoms with van der Waals surface area (Å²) in [5, 5.41) is 17.4. The molecule has 0 fully saturated rings. The minimum absolute atomic E-state index is 0.448. The summed E-state index contributed by atoms with van der Waals surface area (Å²) in [5.74, 6) is -0.683. The number of esters is 1. The van der Waals surface area contributed by atoms with Crippen LogP contribution in [-0.4, -0.2) is 29.4 Å². The fraction of sp³-hybridized carbons (Fsp3) is 0.571. The molecule has 0 amide bonds. The Kier molecular flexibility index (Phi) is 3.78. The van der Waals surface area contributed by atoms with E-state index in [4.69, 9.17) is 10.2 Å². The molecule has 4 nitrogen and oxygen atoms in total. The molecule has 0 spiro atoms. The molecule has 0 rings (SSSR count). The molecule has 0 atom stereocenters. The summed E-state index contributed by atoms with van der Waals surface area (Å²) < 4.78 is 4.39. The van der Waals surface area contributed by atoms with Crippen LogP contribution in [0.15, 0.2) is 12.8 Å². The Morgan fingerprint density at radius 3 is 2.36 bits per heavy atom. The van der Waals surface area contributed by atoms with Crippen LogP contribution < -0.4 is 0 Å². The monoisotopic (exact) mass is 160 g/mol. The highest BCUT2D eigenvalue weighted by Crippen LogP contribution is 2.16. The zero-order valence-corrected chi connectivity index (χ0v) is 6.41. The van der Waals surface area contributed by atoms with Crippen molar-refractivity contribution in [3.8, 4) is 0 Å². The van der Waals surface area contributed by atoms with Gasteiger partial charge in [-0.05, 0) is 6.92 Å². The van der Waals surface area contributed by atoms with Gasteiger partial charge in [-0.1, -0.05) is 6.58 Å². The highest BCUT2D eigenvalue weighted by Gasteiger charge is 2.33. The average Bonchev–Trinajstić information content (AvgIpc) is 2.03. The third kappa shape index (κ3) is 2.32. The second-order valence-electron chi connectivity index (χ2n) is 2.45. The molecular weight excluding hydrogens is 148 g/mol. The van der Waals surface area contributed by atoms with Gasteiger partial charge in [0.15, 0.2) is 0 Å². The van der Waals surface area contributed by atoms with Gasteiger partial charge in [-0.25, -0.2) is 0 Å². The molecule has 0 aliphatic rings. The lowest BCUT2D eigenvalue weighted by molar-refractivity contribution is -0.153. The van der Waals surface area contributed by atoms with Gasteiger partial charge in [-0.2, -0.15) is 0 Å². The standard InChI is InChI=1S/C7H12O4/c1-3-11-6(10)7(2,4-8)5-9/h3,8-9H,1,4-5H2,2H3. The van der Waals surface area contributed by atoms with Gasteiger partial charge in [-0.3, -0.25) is 4.79 Å². The Hall–Kier alpha value is -0.870. The number of carbonyl (C=O) groups excluding carboxylic acids is 1. The summed E-state index contributed by atoms with van der Waals surface area (Å²) >= 11 is 0. The summed E-state index contributed by atoms with van der Waals surface area (Å²) in [5.41, 5.74) is -1.23. The first-order valence-electron chi connectivity index (χ1n) is 3.14. The van der Waals surface area contributed by atoms with E-state index in [9.17, 15) is 4.79 Å². The van der Waals surface area contributed by atoms with Gasteiger partial charge in [0.05, 0.1) is 19.5 Å². The van der Waals surface area contributed by atoms with Gasteiger partial charge >= 0.3 is 5.97 Å². The van der Waals surface area contributed by atoms with Crippen LogP contribution in [0.3, 0.4) is 0 Å². The van der Waals surface area contributed by atoms with E-state index >= 15 is 0 Å². The fourth-order valence-corrected chi connectivity index (χ4v) is 0.397. The predicted octanol–water partition coefficient (Wildman–Crippen LogP) is -0.336. The Labute approximate surface area is 65.1 Å². The van der Waals surface area contributed by atoms with E-state index < -0.39 is 24.6 Å². The van der Waals surface area contributed by atoms with Crippen molar-refractivity contribution in [2.45, 2.75) is 6.92 Å². The molecule has 0 saturated heterocycles. The van der Waals surface area contributed by atoms with Gasteiger partial charge in [0.25, 0.3) is 0 Å². The van der Waals surface area contributed by atoms with Crippen molar-refractivity contribution in [3.05, 3.63) is 12.8 Å². The van der Waals surface area contributed by atoms with Gasteiger partial charge in [0, 0.05) is 0 Å². The fourth-order valence-electron chi connectivity index (χ4n) is 0.397. The van der Waals surface area contributed by atoms with Crippen LogP contribution >= 0.6 is 0 Å². The topological polar surface area (TPSA) is 66.8 Å². The van der Waals surface area contributed by atoms with Crippen molar-refractivity contribution >= 4 is 5.97 Å². The maximum absolute atomic E-state index is 10.9. The third-order valence-corrected chi connectivity index (χ3v) is 1.38. The van der Waals surface area contributed by atoms with Crippen LogP contribution in [0, 0.1) is 5.41 Å². The number of aliphatic hydroxyl groups excluding tert-OH is 2. The van der Waals surface area contributed by atoms with E-state index in [1.807, 2.05) is 0 Å². The van der Waals surface area contributed by atoms with E-state index in [0.29, 0.717) is 0 Å². The number of hydrogen-bond acceptors (Lipinski definition) is 4. The van der Waals surface area contributed by atoms with Crippen molar-refractivity contribution < 1.29 is 19.7 Å². The Morgan fingerprint density at radius 2 is 2.09 bits per heavy atom. The molecule has 64 valence electrons. The minimum atomic E-state index is -1.23. The summed E-state index contributed by atoms with van der Waals surface area (Å²) in [6.45, 7) is 3.68. The molecular formula is C7H12O4. The molecule has 0 aromatic carbocycles. The highest BCUT2D eigenvalue weighted by molar-refractivity contribution is 5.77. The van der Waals surface area contributed by atoms with Crippen LogP contribution in [0.2, 0.25) is 0 Å².